The summed E-state index contributed by atoms with van der Waals surface area (Å²) >= 11 is 0. The van der Waals surface area contributed by atoms with Crippen LogP contribution in [-0.4, -0.2) is 18.8 Å². The van der Waals surface area contributed by atoms with Crippen LogP contribution < -0.4 is 5.73 Å². The zero-order valence-electron chi connectivity index (χ0n) is 8.52. The number of ether oxygens (including phenoxy) is 1. The van der Waals surface area contributed by atoms with E-state index in [2.05, 4.69) is 20.8 Å². The molecule has 0 saturated heterocycles. The van der Waals surface area contributed by atoms with Gasteiger partial charge >= 0.3 is 0 Å². The Bertz CT molecular complexity index is 144. The first-order valence-corrected chi connectivity index (χ1v) is 4.82. The first-order valence-electron chi connectivity index (χ1n) is 4.82. The Balaban J connectivity index is 2.22. The normalized spacial score (nSPS) is 21.0. The lowest BCUT2D eigenvalue weighted by molar-refractivity contribution is -0.0289. The molecular weight excluding hydrogens is 150 g/mol. The molecule has 12 heavy (non-hydrogen) atoms. The molecule has 0 aliphatic heterocycles. The summed E-state index contributed by atoms with van der Waals surface area (Å²) in [5.41, 5.74) is 6.00. The van der Waals surface area contributed by atoms with Crippen LogP contribution in [0.2, 0.25) is 0 Å². The lowest BCUT2D eigenvalue weighted by Gasteiger charge is -2.23. The average molecular weight is 171 g/mol. The van der Waals surface area contributed by atoms with E-state index in [1.54, 1.807) is 0 Å². The standard InChI is InChI=1S/C10H21NO/c1-9(2,3)12-8-10(4-5-10)6-7-11/h4-8,11H2,1-3H3. The number of nitrogens with two attached hydrogens (primary N) is 1. The molecule has 72 valence electrons. The predicted octanol–water partition coefficient (Wildman–Crippen LogP) is 1.93. The SMILES string of the molecule is CC(C)(C)OCC1(CCN)CC1. The molecule has 1 rings (SSSR count). The van der Waals surface area contributed by atoms with Gasteiger partial charge in [0, 0.05) is 0 Å². The highest BCUT2D eigenvalue weighted by molar-refractivity contribution is 4.93. The maximum absolute atomic E-state index is 5.75. The molecule has 0 radical (unpaired) electrons. The molecule has 2 heteroatoms. The Morgan fingerprint density at radius 2 is 1.92 bits per heavy atom. The van der Waals surface area contributed by atoms with Gasteiger partial charge in [0.15, 0.2) is 0 Å². The van der Waals surface area contributed by atoms with Gasteiger partial charge in [0.25, 0.3) is 0 Å². The van der Waals surface area contributed by atoms with Crippen LogP contribution >= 0.6 is 0 Å². The summed E-state index contributed by atoms with van der Waals surface area (Å²) < 4.78 is 5.75. The maximum atomic E-state index is 5.75. The molecule has 1 fully saturated rings. The second-order valence-corrected chi connectivity index (χ2v) is 4.94. The molecule has 0 aromatic rings. The zero-order chi connectivity index (χ0) is 9.24. The lowest BCUT2D eigenvalue weighted by atomic mass is 10.0. The van der Waals surface area contributed by atoms with Crippen LogP contribution in [0.3, 0.4) is 0 Å². The van der Waals surface area contributed by atoms with Crippen molar-refractivity contribution in [1.29, 1.82) is 0 Å². The van der Waals surface area contributed by atoms with E-state index in [0.29, 0.717) is 5.41 Å². The van der Waals surface area contributed by atoms with E-state index in [4.69, 9.17) is 10.5 Å². The van der Waals surface area contributed by atoms with E-state index >= 15 is 0 Å². The van der Waals surface area contributed by atoms with E-state index in [0.717, 1.165) is 19.6 Å². The maximum Gasteiger partial charge on any atom is 0.0598 e. The molecule has 1 aliphatic carbocycles. The molecular formula is C10H21NO. The summed E-state index contributed by atoms with van der Waals surface area (Å²) in [5, 5.41) is 0. The highest BCUT2D eigenvalue weighted by Gasteiger charge is 2.42. The number of rotatable bonds is 4. The van der Waals surface area contributed by atoms with Crippen LogP contribution in [0, 0.1) is 5.41 Å². The first kappa shape index (κ1) is 10.0. The Hall–Kier alpha value is -0.0800. The summed E-state index contributed by atoms with van der Waals surface area (Å²) in [6.45, 7) is 8.00. The van der Waals surface area contributed by atoms with Gasteiger partial charge in [-0.2, -0.15) is 0 Å². The second-order valence-electron chi connectivity index (χ2n) is 4.94. The Morgan fingerprint density at radius 1 is 1.33 bits per heavy atom. The largest absolute Gasteiger partial charge is 0.375 e. The van der Waals surface area contributed by atoms with Crippen molar-refractivity contribution in [2.45, 2.75) is 45.6 Å². The summed E-state index contributed by atoms with van der Waals surface area (Å²) in [6.07, 6.45) is 3.74. The second kappa shape index (κ2) is 3.35. The van der Waals surface area contributed by atoms with E-state index in [-0.39, 0.29) is 5.60 Å². The third kappa shape index (κ3) is 3.11. The van der Waals surface area contributed by atoms with Crippen LogP contribution in [-0.2, 0) is 4.74 Å². The fourth-order valence-electron chi connectivity index (χ4n) is 1.32. The third-order valence-corrected chi connectivity index (χ3v) is 2.44. The molecule has 0 amide bonds. The molecule has 0 bridgehead atoms. The molecule has 2 N–H and O–H groups in total. The number of hydrogen-bond donors (Lipinski definition) is 1. The van der Waals surface area contributed by atoms with Gasteiger partial charge in [-0.3, -0.25) is 0 Å². The van der Waals surface area contributed by atoms with Gasteiger partial charge in [0.05, 0.1) is 12.2 Å². The fourth-order valence-corrected chi connectivity index (χ4v) is 1.32. The molecule has 0 aromatic heterocycles. The fraction of sp³-hybridized carbons (Fsp3) is 1.00. The third-order valence-electron chi connectivity index (χ3n) is 2.44. The van der Waals surface area contributed by atoms with Gasteiger partial charge < -0.3 is 10.5 Å². The quantitative estimate of drug-likeness (QED) is 0.701. The van der Waals surface area contributed by atoms with Crippen molar-refractivity contribution in [3.8, 4) is 0 Å². The summed E-state index contributed by atoms with van der Waals surface area (Å²) in [4.78, 5) is 0. The van der Waals surface area contributed by atoms with Crippen molar-refractivity contribution in [3.05, 3.63) is 0 Å². The van der Waals surface area contributed by atoms with Crippen LogP contribution in [0.4, 0.5) is 0 Å². The summed E-state index contributed by atoms with van der Waals surface area (Å²) in [7, 11) is 0. The van der Waals surface area contributed by atoms with Crippen LogP contribution in [0.5, 0.6) is 0 Å². The van der Waals surface area contributed by atoms with Crippen LogP contribution in [0.15, 0.2) is 0 Å². The Labute approximate surface area is 75.5 Å². The van der Waals surface area contributed by atoms with E-state index in [1.165, 1.54) is 12.8 Å². The van der Waals surface area contributed by atoms with Gasteiger partial charge in [0.2, 0.25) is 0 Å². The van der Waals surface area contributed by atoms with Gasteiger partial charge in [-0.15, -0.1) is 0 Å². The van der Waals surface area contributed by atoms with Gasteiger partial charge in [-0.25, -0.2) is 0 Å². The Morgan fingerprint density at radius 3 is 2.25 bits per heavy atom. The highest BCUT2D eigenvalue weighted by Crippen LogP contribution is 2.49. The molecule has 1 aliphatic rings. The van der Waals surface area contributed by atoms with Crippen LogP contribution in [0.1, 0.15) is 40.0 Å². The minimum Gasteiger partial charge on any atom is -0.375 e. The van der Waals surface area contributed by atoms with E-state index in [9.17, 15) is 0 Å². The van der Waals surface area contributed by atoms with Gasteiger partial charge in [-0.1, -0.05) is 0 Å². The van der Waals surface area contributed by atoms with Crippen molar-refractivity contribution >= 4 is 0 Å². The lowest BCUT2D eigenvalue weighted by Crippen LogP contribution is -2.25. The Kier molecular flexibility index (Phi) is 2.79. The van der Waals surface area contributed by atoms with Crippen molar-refractivity contribution in [2.75, 3.05) is 13.2 Å². The smallest absolute Gasteiger partial charge is 0.0598 e. The molecule has 0 spiro atoms. The van der Waals surface area contributed by atoms with Crippen molar-refractivity contribution < 1.29 is 4.74 Å². The van der Waals surface area contributed by atoms with E-state index in [1.807, 2.05) is 0 Å². The minimum absolute atomic E-state index is 0.00416. The van der Waals surface area contributed by atoms with Crippen LogP contribution in [0.25, 0.3) is 0 Å². The van der Waals surface area contributed by atoms with E-state index < -0.39 is 0 Å². The van der Waals surface area contributed by atoms with Gasteiger partial charge in [-0.05, 0) is 52.0 Å². The first-order chi connectivity index (χ1) is 5.47. The monoisotopic (exact) mass is 171 g/mol. The average Bonchev–Trinajstić information content (AvgIpc) is 2.65. The van der Waals surface area contributed by atoms with Crippen molar-refractivity contribution in [2.24, 2.45) is 11.1 Å². The molecule has 0 unspecified atom stereocenters. The number of hydrogen-bond acceptors (Lipinski definition) is 2. The molecule has 0 heterocycles. The predicted molar refractivity (Wildman–Crippen MR) is 51.0 cm³/mol. The minimum atomic E-state index is 0.00416. The topological polar surface area (TPSA) is 35.2 Å². The van der Waals surface area contributed by atoms with Crippen molar-refractivity contribution in [3.63, 3.8) is 0 Å². The zero-order valence-corrected chi connectivity index (χ0v) is 8.52. The molecule has 1 saturated carbocycles. The molecule has 2 nitrogen and oxygen atoms in total. The molecule has 0 aromatic carbocycles. The van der Waals surface area contributed by atoms with Crippen molar-refractivity contribution in [1.82, 2.24) is 0 Å². The van der Waals surface area contributed by atoms with Gasteiger partial charge in [0.1, 0.15) is 0 Å². The summed E-state index contributed by atoms with van der Waals surface area (Å²) in [5.74, 6) is 0. The summed E-state index contributed by atoms with van der Waals surface area (Å²) in [6, 6.07) is 0. The molecule has 0 atom stereocenters. The highest BCUT2D eigenvalue weighted by atomic mass is 16.5.